The molecule has 0 saturated heterocycles. The quantitative estimate of drug-likeness (QED) is 0.373. The molecule has 0 atom stereocenters. The number of rotatable bonds is 4. The van der Waals surface area contributed by atoms with E-state index in [2.05, 4.69) is 32.9 Å². The van der Waals surface area contributed by atoms with Gasteiger partial charge >= 0.3 is 0 Å². The van der Waals surface area contributed by atoms with Gasteiger partial charge in [-0.1, -0.05) is 12.1 Å². The molecule has 0 spiro atoms. The number of nitrogens with zero attached hydrogens (tertiary/aromatic N) is 2. The molecule has 1 aromatic heterocycles. The summed E-state index contributed by atoms with van der Waals surface area (Å²) < 4.78 is 0.970. The summed E-state index contributed by atoms with van der Waals surface area (Å²) in [5.74, 6) is 0.0966. The van der Waals surface area contributed by atoms with Crippen molar-refractivity contribution in [3.63, 3.8) is 0 Å². The second kappa shape index (κ2) is 6.93. The highest BCUT2D eigenvalue weighted by Crippen LogP contribution is 2.14. The summed E-state index contributed by atoms with van der Waals surface area (Å²) in [4.78, 5) is 25.9. The van der Waals surface area contributed by atoms with E-state index in [1.54, 1.807) is 24.4 Å². The summed E-state index contributed by atoms with van der Waals surface area (Å²) in [5.41, 5.74) is 0.562. The second-order valence-electron chi connectivity index (χ2n) is 4.04. The Labute approximate surface area is 134 Å². The molecule has 6 nitrogen and oxygen atoms in total. The van der Waals surface area contributed by atoms with Crippen molar-refractivity contribution in [2.75, 3.05) is 5.32 Å². The Balaban J connectivity index is 2.03. The van der Waals surface area contributed by atoms with Gasteiger partial charge in [0.15, 0.2) is 0 Å². The Morgan fingerprint density at radius 2 is 2.14 bits per heavy atom. The zero-order valence-corrected chi connectivity index (χ0v) is 12.9. The van der Waals surface area contributed by atoms with Crippen LogP contribution in [0.25, 0.3) is 6.08 Å². The predicted molar refractivity (Wildman–Crippen MR) is 87.7 cm³/mol. The van der Waals surface area contributed by atoms with Crippen molar-refractivity contribution < 1.29 is 9.72 Å². The van der Waals surface area contributed by atoms with Crippen molar-refractivity contribution >= 4 is 46.1 Å². The minimum absolute atomic E-state index is 0.0168. The van der Waals surface area contributed by atoms with Gasteiger partial charge in [-0.2, -0.15) is 0 Å². The number of carbonyl (C=O) groups is 1. The van der Waals surface area contributed by atoms with Crippen molar-refractivity contribution in [1.29, 1.82) is 0 Å². The molecular formula is C14H10IN3O3. The van der Waals surface area contributed by atoms with E-state index in [1.807, 2.05) is 6.07 Å². The Morgan fingerprint density at radius 1 is 1.33 bits per heavy atom. The van der Waals surface area contributed by atoms with Gasteiger partial charge in [0.1, 0.15) is 5.82 Å². The molecule has 7 heteroatoms. The monoisotopic (exact) mass is 395 g/mol. The first-order chi connectivity index (χ1) is 10.0. The number of nitro benzene ring substituents is 1. The van der Waals surface area contributed by atoms with Crippen LogP contribution in [-0.2, 0) is 4.79 Å². The Bertz CT molecular complexity index is 699. The molecule has 2 rings (SSSR count). The van der Waals surface area contributed by atoms with Crippen molar-refractivity contribution in [2.45, 2.75) is 0 Å². The highest BCUT2D eigenvalue weighted by Gasteiger charge is 2.04. The topological polar surface area (TPSA) is 85.1 Å². The zero-order valence-electron chi connectivity index (χ0n) is 10.7. The minimum atomic E-state index is -0.479. The number of halogens is 1. The fraction of sp³-hybridized carbons (Fsp3) is 0. The third-order valence-corrected chi connectivity index (χ3v) is 3.12. The third-order valence-electron chi connectivity index (χ3n) is 2.49. The number of carbonyl (C=O) groups excluding carboxylic acids is 1. The number of non-ortho nitro benzene ring substituents is 1. The zero-order chi connectivity index (χ0) is 15.2. The Kier molecular flexibility index (Phi) is 4.99. The molecule has 0 unspecified atom stereocenters. The number of amides is 1. The highest BCUT2D eigenvalue weighted by atomic mass is 127. The first-order valence-electron chi connectivity index (χ1n) is 5.90. The van der Waals surface area contributed by atoms with Crippen molar-refractivity contribution in [3.8, 4) is 0 Å². The molecule has 0 aliphatic rings. The first-order valence-corrected chi connectivity index (χ1v) is 6.97. The van der Waals surface area contributed by atoms with Crippen LogP contribution in [0.1, 0.15) is 5.56 Å². The van der Waals surface area contributed by atoms with Crippen LogP contribution in [0.5, 0.6) is 0 Å². The van der Waals surface area contributed by atoms with Gasteiger partial charge in [-0.3, -0.25) is 14.9 Å². The van der Waals surface area contributed by atoms with E-state index in [9.17, 15) is 14.9 Å². The Hall–Kier alpha value is -2.29. The van der Waals surface area contributed by atoms with Crippen LogP contribution in [0.15, 0.2) is 48.7 Å². The van der Waals surface area contributed by atoms with E-state index in [4.69, 9.17) is 0 Å². The van der Waals surface area contributed by atoms with Crippen LogP contribution in [0.3, 0.4) is 0 Å². The van der Waals surface area contributed by atoms with E-state index in [0.29, 0.717) is 11.4 Å². The van der Waals surface area contributed by atoms with E-state index in [-0.39, 0.29) is 11.6 Å². The second-order valence-corrected chi connectivity index (χ2v) is 5.28. The number of hydrogen-bond donors (Lipinski definition) is 1. The maximum Gasteiger partial charge on any atom is 0.270 e. The maximum absolute atomic E-state index is 11.7. The molecule has 0 aliphatic carbocycles. The van der Waals surface area contributed by atoms with E-state index >= 15 is 0 Å². The van der Waals surface area contributed by atoms with Crippen LogP contribution < -0.4 is 5.32 Å². The van der Waals surface area contributed by atoms with Gasteiger partial charge in [-0.15, -0.1) is 0 Å². The summed E-state index contributed by atoms with van der Waals surface area (Å²) in [6.07, 6.45) is 4.45. The van der Waals surface area contributed by atoms with Gasteiger partial charge in [0, 0.05) is 28.0 Å². The highest BCUT2D eigenvalue weighted by molar-refractivity contribution is 14.1. The number of hydrogen-bond acceptors (Lipinski definition) is 4. The standard InChI is InChI=1S/C14H10IN3O3/c15-11-5-6-13(16-9-11)17-14(19)7-4-10-2-1-3-12(8-10)18(20)21/h1-9H,(H,16,17,19)/b7-4+. The number of benzene rings is 1. The van der Waals surface area contributed by atoms with Gasteiger partial charge in [-0.25, -0.2) is 4.98 Å². The van der Waals surface area contributed by atoms with Crippen molar-refractivity contribution in [2.24, 2.45) is 0 Å². The molecule has 1 aromatic carbocycles. The lowest BCUT2D eigenvalue weighted by Gasteiger charge is -2.00. The molecule has 1 amide bonds. The van der Waals surface area contributed by atoms with Gasteiger partial charge < -0.3 is 5.32 Å². The molecule has 0 radical (unpaired) electrons. The molecule has 0 fully saturated rings. The smallest absolute Gasteiger partial charge is 0.270 e. The van der Waals surface area contributed by atoms with Crippen LogP contribution >= 0.6 is 22.6 Å². The fourth-order valence-electron chi connectivity index (χ4n) is 1.53. The first kappa shape index (κ1) is 15.1. The molecule has 0 saturated carbocycles. The molecule has 2 aromatic rings. The summed E-state index contributed by atoms with van der Waals surface area (Å²) >= 11 is 2.12. The molecule has 21 heavy (non-hydrogen) atoms. The number of anilines is 1. The van der Waals surface area contributed by atoms with Gasteiger partial charge in [-0.05, 0) is 46.4 Å². The molecule has 1 heterocycles. The Morgan fingerprint density at radius 3 is 2.81 bits per heavy atom. The van der Waals surface area contributed by atoms with Gasteiger partial charge in [0.25, 0.3) is 5.69 Å². The average molecular weight is 395 g/mol. The average Bonchev–Trinajstić information content (AvgIpc) is 2.48. The lowest BCUT2D eigenvalue weighted by atomic mass is 10.2. The molecule has 1 N–H and O–H groups in total. The SMILES string of the molecule is O=C(/C=C/c1cccc([N+](=O)[O-])c1)Nc1ccc(I)cn1. The molecule has 106 valence electrons. The van der Waals surface area contributed by atoms with Crippen molar-refractivity contribution in [1.82, 2.24) is 4.98 Å². The number of nitro groups is 1. The number of aromatic nitrogens is 1. The number of pyridine rings is 1. The van der Waals surface area contributed by atoms with E-state index < -0.39 is 4.92 Å². The predicted octanol–water partition coefficient (Wildman–Crippen LogP) is 3.25. The van der Waals surface area contributed by atoms with Crippen LogP contribution in [0.4, 0.5) is 11.5 Å². The van der Waals surface area contributed by atoms with Gasteiger partial charge in [0.05, 0.1) is 4.92 Å². The normalized spacial score (nSPS) is 10.5. The number of nitrogens with one attached hydrogen (secondary N) is 1. The van der Waals surface area contributed by atoms with E-state index in [1.165, 1.54) is 24.3 Å². The fourth-order valence-corrected chi connectivity index (χ4v) is 1.85. The van der Waals surface area contributed by atoms with Gasteiger partial charge in [0.2, 0.25) is 5.91 Å². The van der Waals surface area contributed by atoms with Crippen LogP contribution in [0.2, 0.25) is 0 Å². The molecule has 0 aliphatic heterocycles. The summed E-state index contributed by atoms with van der Waals surface area (Å²) in [6, 6.07) is 9.56. The molecule has 0 bridgehead atoms. The third kappa shape index (κ3) is 4.63. The maximum atomic E-state index is 11.7. The van der Waals surface area contributed by atoms with Crippen molar-refractivity contribution in [3.05, 3.63) is 67.9 Å². The largest absolute Gasteiger partial charge is 0.307 e. The summed E-state index contributed by atoms with van der Waals surface area (Å²) in [5, 5.41) is 13.3. The van der Waals surface area contributed by atoms with Crippen LogP contribution in [0, 0.1) is 13.7 Å². The lowest BCUT2D eigenvalue weighted by Crippen LogP contribution is -2.08. The molecular weight excluding hydrogens is 385 g/mol. The summed E-state index contributed by atoms with van der Waals surface area (Å²) in [7, 11) is 0. The lowest BCUT2D eigenvalue weighted by molar-refractivity contribution is -0.384. The van der Waals surface area contributed by atoms with E-state index in [0.717, 1.165) is 3.57 Å². The summed E-state index contributed by atoms with van der Waals surface area (Å²) in [6.45, 7) is 0. The van der Waals surface area contributed by atoms with Crippen LogP contribution in [-0.4, -0.2) is 15.8 Å². The minimum Gasteiger partial charge on any atom is -0.307 e.